The van der Waals surface area contributed by atoms with Gasteiger partial charge < -0.3 is 21.3 Å². The Balaban J connectivity index is 2.96. The Morgan fingerprint density at radius 3 is 2.74 bits per heavy atom. The number of nitrogen functional groups attached to an aromatic ring is 1. The Labute approximate surface area is 113 Å². The monoisotopic (exact) mass is 266 g/mol. The molecule has 0 fully saturated rings. The summed E-state index contributed by atoms with van der Waals surface area (Å²) in [4.78, 5) is 21.7. The Hall–Kier alpha value is -2.05. The number of carbonyl (C=O) groups excluding carboxylic acids is 1. The van der Waals surface area contributed by atoms with Crippen molar-refractivity contribution in [1.29, 1.82) is 0 Å². The molecule has 1 aromatic heterocycles. The summed E-state index contributed by atoms with van der Waals surface area (Å²) in [5.74, 6) is 1.47. The zero-order chi connectivity index (χ0) is 14.3. The standard InChI is InChI=1S/C12H22N6O/c1-4-6-18(8-11(19)14-3)10-7-9(15-5-2)16-12(13)17-10/h7H,4-6,8H2,1-3H3,(H,14,19)(H3,13,15,16,17). The minimum absolute atomic E-state index is 0.0596. The second kappa shape index (κ2) is 7.40. The molecular formula is C12H22N6O. The van der Waals surface area contributed by atoms with E-state index in [4.69, 9.17) is 5.73 Å². The number of aromatic nitrogens is 2. The number of likely N-dealkylation sites (N-methyl/N-ethyl adjacent to an activating group) is 1. The molecule has 19 heavy (non-hydrogen) atoms. The smallest absolute Gasteiger partial charge is 0.239 e. The zero-order valence-electron chi connectivity index (χ0n) is 11.7. The molecule has 1 amide bonds. The molecule has 0 saturated carbocycles. The predicted molar refractivity (Wildman–Crippen MR) is 77.2 cm³/mol. The van der Waals surface area contributed by atoms with Crippen molar-refractivity contribution < 1.29 is 4.79 Å². The lowest BCUT2D eigenvalue weighted by molar-refractivity contribution is -0.119. The van der Waals surface area contributed by atoms with E-state index in [-0.39, 0.29) is 18.4 Å². The molecular weight excluding hydrogens is 244 g/mol. The number of hydrogen-bond donors (Lipinski definition) is 3. The normalized spacial score (nSPS) is 10.1. The highest BCUT2D eigenvalue weighted by Gasteiger charge is 2.13. The summed E-state index contributed by atoms with van der Waals surface area (Å²) in [6.45, 7) is 5.76. The minimum Gasteiger partial charge on any atom is -0.370 e. The van der Waals surface area contributed by atoms with Crippen LogP contribution in [0.15, 0.2) is 6.07 Å². The molecule has 0 aliphatic carbocycles. The van der Waals surface area contributed by atoms with Gasteiger partial charge in [0.2, 0.25) is 11.9 Å². The lowest BCUT2D eigenvalue weighted by atomic mass is 10.3. The summed E-state index contributed by atoms with van der Waals surface area (Å²) in [6, 6.07) is 1.80. The van der Waals surface area contributed by atoms with Crippen LogP contribution in [0.3, 0.4) is 0 Å². The van der Waals surface area contributed by atoms with Gasteiger partial charge in [-0.25, -0.2) is 0 Å². The fourth-order valence-electron chi connectivity index (χ4n) is 1.68. The Morgan fingerprint density at radius 2 is 2.16 bits per heavy atom. The fourth-order valence-corrected chi connectivity index (χ4v) is 1.68. The third-order valence-corrected chi connectivity index (χ3v) is 2.52. The van der Waals surface area contributed by atoms with Crippen LogP contribution in [0.25, 0.3) is 0 Å². The Morgan fingerprint density at radius 1 is 1.42 bits per heavy atom. The molecule has 0 spiro atoms. The van der Waals surface area contributed by atoms with E-state index in [1.165, 1.54) is 0 Å². The first-order valence-electron chi connectivity index (χ1n) is 6.44. The van der Waals surface area contributed by atoms with Crippen molar-refractivity contribution in [3.8, 4) is 0 Å². The topological polar surface area (TPSA) is 96.2 Å². The van der Waals surface area contributed by atoms with Crippen LogP contribution in [-0.4, -0.2) is 42.6 Å². The zero-order valence-corrected chi connectivity index (χ0v) is 11.7. The summed E-state index contributed by atoms with van der Waals surface area (Å²) in [5, 5.41) is 5.70. The molecule has 0 aliphatic rings. The van der Waals surface area contributed by atoms with Crippen molar-refractivity contribution in [1.82, 2.24) is 15.3 Å². The SMILES string of the molecule is CCCN(CC(=O)NC)c1cc(NCC)nc(N)n1. The van der Waals surface area contributed by atoms with E-state index in [0.717, 1.165) is 19.5 Å². The van der Waals surface area contributed by atoms with Gasteiger partial charge in [0.25, 0.3) is 0 Å². The van der Waals surface area contributed by atoms with Gasteiger partial charge in [0.05, 0.1) is 6.54 Å². The van der Waals surface area contributed by atoms with E-state index in [0.29, 0.717) is 11.6 Å². The Kier molecular flexibility index (Phi) is 5.84. The lowest BCUT2D eigenvalue weighted by Gasteiger charge is -2.22. The highest BCUT2D eigenvalue weighted by Crippen LogP contribution is 2.17. The minimum atomic E-state index is -0.0596. The number of hydrogen-bond acceptors (Lipinski definition) is 6. The van der Waals surface area contributed by atoms with Gasteiger partial charge in [0.1, 0.15) is 11.6 Å². The number of nitrogens with zero attached hydrogens (tertiary/aromatic N) is 3. The van der Waals surface area contributed by atoms with Gasteiger partial charge in [-0.1, -0.05) is 6.92 Å². The molecule has 4 N–H and O–H groups in total. The molecule has 106 valence electrons. The molecule has 0 radical (unpaired) electrons. The molecule has 0 unspecified atom stereocenters. The third kappa shape index (κ3) is 4.61. The summed E-state index contributed by atoms with van der Waals surface area (Å²) >= 11 is 0. The average molecular weight is 266 g/mol. The number of amides is 1. The van der Waals surface area contributed by atoms with Crippen molar-refractivity contribution in [2.75, 3.05) is 42.6 Å². The highest BCUT2D eigenvalue weighted by atomic mass is 16.1. The van der Waals surface area contributed by atoms with E-state index in [2.05, 4.69) is 20.6 Å². The first-order valence-corrected chi connectivity index (χ1v) is 6.44. The number of anilines is 3. The molecule has 1 rings (SSSR count). The van der Waals surface area contributed by atoms with Crippen LogP contribution in [0.5, 0.6) is 0 Å². The highest BCUT2D eigenvalue weighted by molar-refractivity contribution is 5.80. The first kappa shape index (κ1) is 15.0. The third-order valence-electron chi connectivity index (χ3n) is 2.52. The summed E-state index contributed by atoms with van der Waals surface area (Å²) in [6.07, 6.45) is 0.914. The van der Waals surface area contributed by atoms with Gasteiger partial charge in [0.15, 0.2) is 0 Å². The predicted octanol–water partition coefficient (Wildman–Crippen LogP) is 0.453. The molecule has 1 aromatic rings. The van der Waals surface area contributed by atoms with Crippen molar-refractivity contribution in [2.45, 2.75) is 20.3 Å². The van der Waals surface area contributed by atoms with E-state index >= 15 is 0 Å². The van der Waals surface area contributed by atoms with E-state index in [1.807, 2.05) is 18.7 Å². The number of nitrogens with two attached hydrogens (primary N) is 1. The summed E-state index contributed by atoms with van der Waals surface area (Å²) in [5.41, 5.74) is 5.70. The van der Waals surface area contributed by atoms with Gasteiger partial charge in [-0.15, -0.1) is 0 Å². The quantitative estimate of drug-likeness (QED) is 0.663. The van der Waals surface area contributed by atoms with Gasteiger partial charge >= 0.3 is 0 Å². The second-order valence-corrected chi connectivity index (χ2v) is 4.09. The molecule has 1 heterocycles. The van der Waals surface area contributed by atoms with Crippen molar-refractivity contribution >= 4 is 23.5 Å². The van der Waals surface area contributed by atoms with Crippen LogP contribution in [-0.2, 0) is 4.79 Å². The van der Waals surface area contributed by atoms with Crippen LogP contribution in [0.4, 0.5) is 17.6 Å². The molecule has 7 nitrogen and oxygen atoms in total. The van der Waals surface area contributed by atoms with Crippen molar-refractivity contribution in [3.63, 3.8) is 0 Å². The van der Waals surface area contributed by atoms with Crippen molar-refractivity contribution in [2.24, 2.45) is 0 Å². The number of nitrogens with one attached hydrogen (secondary N) is 2. The number of carbonyl (C=O) groups is 1. The first-order chi connectivity index (χ1) is 9.10. The van der Waals surface area contributed by atoms with Gasteiger partial charge in [-0.3, -0.25) is 4.79 Å². The van der Waals surface area contributed by atoms with Gasteiger partial charge in [-0.2, -0.15) is 9.97 Å². The largest absolute Gasteiger partial charge is 0.370 e. The molecule has 7 heteroatoms. The lowest BCUT2D eigenvalue weighted by Crippen LogP contribution is -2.36. The number of rotatable bonds is 7. The van der Waals surface area contributed by atoms with Crippen LogP contribution in [0, 0.1) is 0 Å². The molecule has 0 atom stereocenters. The molecule has 0 aliphatic heterocycles. The summed E-state index contributed by atoms with van der Waals surface area (Å²) in [7, 11) is 1.62. The van der Waals surface area contributed by atoms with Crippen LogP contribution < -0.4 is 21.3 Å². The van der Waals surface area contributed by atoms with Gasteiger partial charge in [-0.05, 0) is 13.3 Å². The maximum absolute atomic E-state index is 11.5. The maximum atomic E-state index is 11.5. The molecule has 0 aromatic carbocycles. The van der Waals surface area contributed by atoms with Gasteiger partial charge in [0, 0.05) is 26.2 Å². The van der Waals surface area contributed by atoms with Crippen LogP contribution >= 0.6 is 0 Å². The average Bonchev–Trinajstić information content (AvgIpc) is 2.37. The molecule has 0 saturated heterocycles. The Bertz CT molecular complexity index is 423. The van der Waals surface area contributed by atoms with Crippen molar-refractivity contribution in [3.05, 3.63) is 6.07 Å². The molecule has 0 bridgehead atoms. The summed E-state index contributed by atoms with van der Waals surface area (Å²) < 4.78 is 0. The van der Waals surface area contributed by atoms with Crippen LogP contribution in [0.2, 0.25) is 0 Å². The second-order valence-electron chi connectivity index (χ2n) is 4.09. The van der Waals surface area contributed by atoms with E-state index < -0.39 is 0 Å². The maximum Gasteiger partial charge on any atom is 0.239 e. The van der Waals surface area contributed by atoms with Crippen LogP contribution in [0.1, 0.15) is 20.3 Å². The van der Waals surface area contributed by atoms with E-state index in [9.17, 15) is 4.79 Å². The van der Waals surface area contributed by atoms with E-state index in [1.54, 1.807) is 13.1 Å². The fraction of sp³-hybridized carbons (Fsp3) is 0.583.